The summed E-state index contributed by atoms with van der Waals surface area (Å²) in [6, 6.07) is 10.6. The Morgan fingerprint density at radius 2 is 1.69 bits per heavy atom. The molecule has 3 rings (SSSR count). The van der Waals surface area contributed by atoms with Gasteiger partial charge in [0.25, 0.3) is 11.8 Å². The van der Waals surface area contributed by atoms with Crippen molar-refractivity contribution in [2.75, 3.05) is 19.5 Å². The molecule has 9 heteroatoms. The van der Waals surface area contributed by atoms with Crippen LogP contribution in [-0.2, 0) is 6.54 Å². The smallest absolute Gasteiger partial charge is 0.271 e. The lowest BCUT2D eigenvalue weighted by Gasteiger charge is -2.08. The highest BCUT2D eigenvalue weighted by Crippen LogP contribution is 2.24. The number of ether oxygens (including phenoxy) is 2. The molecule has 3 aromatic rings. The van der Waals surface area contributed by atoms with Crippen molar-refractivity contribution >= 4 is 28.3 Å². The van der Waals surface area contributed by atoms with Gasteiger partial charge < -0.3 is 14.8 Å². The average Bonchev–Trinajstić information content (AvgIpc) is 3.21. The Morgan fingerprint density at radius 1 is 1.03 bits per heavy atom. The van der Waals surface area contributed by atoms with E-state index in [1.807, 2.05) is 0 Å². The Kier molecular flexibility index (Phi) is 6.40. The van der Waals surface area contributed by atoms with Gasteiger partial charge in [-0.1, -0.05) is 12.1 Å². The molecule has 7 nitrogen and oxygen atoms in total. The molecule has 0 aliphatic heterocycles. The molecule has 2 aromatic carbocycles. The van der Waals surface area contributed by atoms with E-state index in [1.165, 1.54) is 26.4 Å². The van der Waals surface area contributed by atoms with Crippen LogP contribution in [0.1, 0.15) is 26.4 Å². The van der Waals surface area contributed by atoms with Gasteiger partial charge in [-0.2, -0.15) is 0 Å². The summed E-state index contributed by atoms with van der Waals surface area (Å²) in [5.74, 6) is -0.179. The SMILES string of the molecule is COc1cc(OC)cc(C(=O)Nc2nc(C(=O)NCc3ccc(F)cc3)cs2)c1. The first-order chi connectivity index (χ1) is 14.0. The molecular formula is C20H18FN3O4S. The molecule has 150 valence electrons. The minimum atomic E-state index is -0.408. The number of rotatable bonds is 7. The van der Waals surface area contributed by atoms with Crippen LogP contribution in [0.25, 0.3) is 0 Å². The van der Waals surface area contributed by atoms with Gasteiger partial charge in [0.2, 0.25) is 0 Å². The normalized spacial score (nSPS) is 10.3. The summed E-state index contributed by atoms with van der Waals surface area (Å²) in [6.45, 7) is 0.238. The number of amides is 2. The number of carbonyl (C=O) groups is 2. The number of hydrogen-bond acceptors (Lipinski definition) is 6. The fraction of sp³-hybridized carbons (Fsp3) is 0.150. The standard InChI is InChI=1S/C20H18FN3O4S/c1-27-15-7-13(8-16(9-15)28-2)18(25)24-20-23-17(11-29-20)19(26)22-10-12-3-5-14(21)6-4-12/h3-9,11H,10H2,1-2H3,(H,22,26)(H,23,24,25). The van der Waals surface area contributed by atoms with Gasteiger partial charge in [0, 0.05) is 23.6 Å². The van der Waals surface area contributed by atoms with Gasteiger partial charge in [-0.15, -0.1) is 11.3 Å². The summed E-state index contributed by atoms with van der Waals surface area (Å²) in [4.78, 5) is 28.9. The van der Waals surface area contributed by atoms with Gasteiger partial charge in [-0.25, -0.2) is 9.37 Å². The molecule has 0 bridgehead atoms. The van der Waals surface area contributed by atoms with Crippen molar-refractivity contribution < 1.29 is 23.5 Å². The number of thiazole rings is 1. The molecular weight excluding hydrogens is 397 g/mol. The fourth-order valence-corrected chi connectivity index (χ4v) is 3.10. The molecule has 0 aliphatic rings. The van der Waals surface area contributed by atoms with E-state index in [4.69, 9.17) is 9.47 Å². The zero-order valence-electron chi connectivity index (χ0n) is 15.7. The predicted octanol–water partition coefficient (Wildman–Crippen LogP) is 3.48. The van der Waals surface area contributed by atoms with E-state index >= 15 is 0 Å². The number of carbonyl (C=O) groups excluding carboxylic acids is 2. The lowest BCUT2D eigenvalue weighted by Crippen LogP contribution is -2.23. The second kappa shape index (κ2) is 9.16. The van der Waals surface area contributed by atoms with E-state index in [0.29, 0.717) is 17.1 Å². The van der Waals surface area contributed by atoms with Crippen LogP contribution in [-0.4, -0.2) is 31.0 Å². The second-order valence-corrected chi connectivity index (χ2v) is 6.76. The first-order valence-electron chi connectivity index (χ1n) is 8.51. The third kappa shape index (κ3) is 5.29. The zero-order valence-corrected chi connectivity index (χ0v) is 16.5. The maximum absolute atomic E-state index is 12.9. The van der Waals surface area contributed by atoms with Gasteiger partial charge in [0.05, 0.1) is 14.2 Å². The Hall–Kier alpha value is -3.46. The zero-order chi connectivity index (χ0) is 20.8. The highest BCUT2D eigenvalue weighted by Gasteiger charge is 2.15. The van der Waals surface area contributed by atoms with Crippen LogP contribution in [0.4, 0.5) is 9.52 Å². The number of benzene rings is 2. The maximum Gasteiger partial charge on any atom is 0.271 e. The molecule has 0 atom stereocenters. The van der Waals surface area contributed by atoms with Crippen LogP contribution in [0.3, 0.4) is 0 Å². The minimum Gasteiger partial charge on any atom is -0.497 e. The lowest BCUT2D eigenvalue weighted by atomic mass is 10.2. The number of halogens is 1. The van der Waals surface area contributed by atoms with Crippen LogP contribution < -0.4 is 20.1 Å². The molecule has 2 N–H and O–H groups in total. The molecule has 0 saturated carbocycles. The van der Waals surface area contributed by atoms with Gasteiger partial charge in [-0.3, -0.25) is 14.9 Å². The molecule has 0 spiro atoms. The number of methoxy groups -OCH3 is 2. The van der Waals surface area contributed by atoms with Gasteiger partial charge >= 0.3 is 0 Å². The Bertz CT molecular complexity index is 999. The number of nitrogens with one attached hydrogen (secondary N) is 2. The lowest BCUT2D eigenvalue weighted by molar-refractivity contribution is 0.0945. The summed E-state index contributed by atoms with van der Waals surface area (Å²) < 4.78 is 23.2. The summed E-state index contributed by atoms with van der Waals surface area (Å²) in [5.41, 5.74) is 1.27. The monoisotopic (exact) mass is 415 g/mol. The molecule has 2 amide bonds. The third-order valence-electron chi connectivity index (χ3n) is 3.94. The minimum absolute atomic E-state index is 0.177. The van der Waals surface area contributed by atoms with Crippen molar-refractivity contribution in [3.05, 3.63) is 70.5 Å². The van der Waals surface area contributed by atoms with Gasteiger partial charge in [0.1, 0.15) is 23.0 Å². The van der Waals surface area contributed by atoms with Crippen molar-refractivity contribution in [1.82, 2.24) is 10.3 Å². The first-order valence-corrected chi connectivity index (χ1v) is 9.39. The molecule has 0 unspecified atom stereocenters. The van der Waals surface area contributed by atoms with E-state index in [0.717, 1.165) is 16.9 Å². The topological polar surface area (TPSA) is 89.6 Å². The van der Waals surface area contributed by atoms with Crippen LogP contribution in [0, 0.1) is 5.82 Å². The summed E-state index contributed by atoms with van der Waals surface area (Å²) in [5, 5.41) is 7.18. The van der Waals surface area contributed by atoms with Gasteiger partial charge in [0.15, 0.2) is 5.13 Å². The average molecular weight is 415 g/mol. The molecule has 0 saturated heterocycles. The maximum atomic E-state index is 12.9. The summed E-state index contributed by atoms with van der Waals surface area (Å²) in [6.07, 6.45) is 0. The molecule has 0 aliphatic carbocycles. The predicted molar refractivity (Wildman–Crippen MR) is 107 cm³/mol. The summed E-state index contributed by atoms with van der Waals surface area (Å²) in [7, 11) is 2.99. The first kappa shape index (κ1) is 20.3. The van der Waals surface area contributed by atoms with Crippen LogP contribution >= 0.6 is 11.3 Å². The number of aromatic nitrogens is 1. The number of hydrogen-bond donors (Lipinski definition) is 2. The van der Waals surface area contributed by atoms with E-state index in [2.05, 4.69) is 15.6 Å². The Morgan fingerprint density at radius 3 is 2.31 bits per heavy atom. The fourth-order valence-electron chi connectivity index (χ4n) is 2.42. The van der Waals surface area contributed by atoms with Crippen molar-refractivity contribution in [2.45, 2.75) is 6.54 Å². The molecule has 1 aromatic heterocycles. The third-order valence-corrected chi connectivity index (χ3v) is 4.69. The Balaban J connectivity index is 1.63. The quantitative estimate of drug-likeness (QED) is 0.617. The van der Waals surface area contributed by atoms with Crippen LogP contribution in [0.15, 0.2) is 47.8 Å². The van der Waals surface area contributed by atoms with E-state index in [9.17, 15) is 14.0 Å². The van der Waals surface area contributed by atoms with Crippen LogP contribution in [0.5, 0.6) is 11.5 Å². The highest BCUT2D eigenvalue weighted by atomic mass is 32.1. The summed E-state index contributed by atoms with van der Waals surface area (Å²) >= 11 is 1.13. The molecule has 0 radical (unpaired) electrons. The highest BCUT2D eigenvalue weighted by molar-refractivity contribution is 7.14. The van der Waals surface area contributed by atoms with Crippen molar-refractivity contribution in [3.63, 3.8) is 0 Å². The number of nitrogens with zero attached hydrogens (tertiary/aromatic N) is 1. The second-order valence-electron chi connectivity index (χ2n) is 5.90. The molecule has 1 heterocycles. The van der Waals surface area contributed by atoms with Gasteiger partial charge in [-0.05, 0) is 29.8 Å². The number of anilines is 1. The van der Waals surface area contributed by atoms with Crippen molar-refractivity contribution in [1.29, 1.82) is 0 Å². The Labute approximate surface area is 170 Å². The van der Waals surface area contributed by atoms with E-state index in [-0.39, 0.29) is 23.2 Å². The van der Waals surface area contributed by atoms with Crippen LogP contribution in [0.2, 0.25) is 0 Å². The molecule has 29 heavy (non-hydrogen) atoms. The largest absolute Gasteiger partial charge is 0.497 e. The molecule has 0 fully saturated rings. The van der Waals surface area contributed by atoms with E-state index in [1.54, 1.807) is 35.7 Å². The van der Waals surface area contributed by atoms with Crippen molar-refractivity contribution in [3.8, 4) is 11.5 Å². The van der Waals surface area contributed by atoms with E-state index < -0.39 is 11.8 Å². The van der Waals surface area contributed by atoms with Crippen molar-refractivity contribution in [2.24, 2.45) is 0 Å².